The van der Waals surface area contributed by atoms with Crippen molar-refractivity contribution in [3.05, 3.63) is 26.4 Å². The van der Waals surface area contributed by atoms with Gasteiger partial charge in [0.2, 0.25) is 0 Å². The summed E-state index contributed by atoms with van der Waals surface area (Å²) in [6, 6.07) is 0. The molecule has 7 heteroatoms. The lowest BCUT2D eigenvalue weighted by molar-refractivity contribution is 0.0694. The largest absolute Gasteiger partial charge is 0.477 e. The molecule has 76 valence electrons. The van der Waals surface area contributed by atoms with Gasteiger partial charge < -0.3 is 10.8 Å². The standard InChI is InChI=1S/C7H9N3O4/c1-9-4(8)3(6(12)13)5(11)10(2)7(9)14/h8H2,1-2H3,(H,12,13). The molecule has 0 bridgehead atoms. The van der Waals surface area contributed by atoms with Crippen LogP contribution in [0.2, 0.25) is 0 Å². The van der Waals surface area contributed by atoms with Crippen LogP contribution in [0, 0.1) is 0 Å². The zero-order valence-electron chi connectivity index (χ0n) is 7.64. The Balaban J connectivity index is 3.88. The van der Waals surface area contributed by atoms with Crippen LogP contribution in [0.1, 0.15) is 10.4 Å². The number of aromatic nitrogens is 2. The molecule has 0 aromatic carbocycles. The van der Waals surface area contributed by atoms with E-state index in [-0.39, 0.29) is 5.82 Å². The number of aromatic carboxylic acids is 1. The molecule has 0 saturated carbocycles. The fourth-order valence-corrected chi connectivity index (χ4v) is 1.06. The van der Waals surface area contributed by atoms with Crippen molar-refractivity contribution >= 4 is 11.8 Å². The topological polar surface area (TPSA) is 107 Å². The molecule has 0 spiro atoms. The van der Waals surface area contributed by atoms with Gasteiger partial charge in [0, 0.05) is 14.1 Å². The minimum Gasteiger partial charge on any atom is -0.477 e. The number of hydrogen-bond acceptors (Lipinski definition) is 4. The van der Waals surface area contributed by atoms with E-state index in [4.69, 9.17) is 10.8 Å². The fourth-order valence-electron chi connectivity index (χ4n) is 1.06. The molecule has 0 amide bonds. The number of nitrogen functional groups attached to an aromatic ring is 1. The summed E-state index contributed by atoms with van der Waals surface area (Å²) in [5.41, 5.74) is 3.17. The lowest BCUT2D eigenvalue weighted by Crippen LogP contribution is -2.41. The number of carboxylic acids is 1. The number of anilines is 1. The molecule has 0 aliphatic heterocycles. The number of hydrogen-bond donors (Lipinski definition) is 2. The molecule has 0 atom stereocenters. The van der Waals surface area contributed by atoms with E-state index < -0.39 is 22.8 Å². The predicted octanol–water partition coefficient (Wildman–Crippen LogP) is -1.64. The van der Waals surface area contributed by atoms with Gasteiger partial charge in [-0.15, -0.1) is 0 Å². The molecule has 1 heterocycles. The van der Waals surface area contributed by atoms with Gasteiger partial charge in [-0.2, -0.15) is 0 Å². The minimum atomic E-state index is -1.45. The van der Waals surface area contributed by atoms with Crippen LogP contribution in [0.15, 0.2) is 9.59 Å². The number of nitrogens with zero attached hydrogens (tertiary/aromatic N) is 2. The van der Waals surface area contributed by atoms with Crippen LogP contribution in [0.4, 0.5) is 5.82 Å². The maximum Gasteiger partial charge on any atom is 0.345 e. The average Bonchev–Trinajstić information content (AvgIpc) is 2.11. The fraction of sp³-hybridized carbons (Fsp3) is 0.286. The molecule has 0 radical (unpaired) electrons. The predicted molar refractivity (Wildman–Crippen MR) is 48.3 cm³/mol. The second-order valence-corrected chi connectivity index (χ2v) is 2.77. The van der Waals surface area contributed by atoms with Crippen LogP contribution in [-0.4, -0.2) is 20.2 Å². The molecule has 0 unspecified atom stereocenters. The van der Waals surface area contributed by atoms with Crippen molar-refractivity contribution in [2.24, 2.45) is 14.1 Å². The highest BCUT2D eigenvalue weighted by Crippen LogP contribution is 2.01. The molecule has 1 rings (SSSR count). The van der Waals surface area contributed by atoms with Gasteiger partial charge in [-0.3, -0.25) is 13.9 Å². The third-order valence-corrected chi connectivity index (χ3v) is 1.92. The van der Waals surface area contributed by atoms with E-state index in [0.29, 0.717) is 4.57 Å². The molecular formula is C7H9N3O4. The van der Waals surface area contributed by atoms with Crippen LogP contribution >= 0.6 is 0 Å². The van der Waals surface area contributed by atoms with Crippen molar-refractivity contribution in [2.75, 3.05) is 5.73 Å². The number of nitrogens with two attached hydrogens (primary N) is 1. The zero-order chi connectivity index (χ0) is 11.0. The van der Waals surface area contributed by atoms with Crippen LogP contribution in [0.25, 0.3) is 0 Å². The van der Waals surface area contributed by atoms with Crippen LogP contribution in [-0.2, 0) is 14.1 Å². The Kier molecular flexibility index (Phi) is 2.16. The summed E-state index contributed by atoms with van der Waals surface area (Å²) in [6.07, 6.45) is 0. The number of carboxylic acid groups (broad SMARTS) is 1. The molecule has 7 nitrogen and oxygen atoms in total. The first-order valence-corrected chi connectivity index (χ1v) is 3.66. The third-order valence-electron chi connectivity index (χ3n) is 1.92. The highest BCUT2D eigenvalue weighted by atomic mass is 16.4. The van der Waals surface area contributed by atoms with Crippen molar-refractivity contribution in [2.45, 2.75) is 0 Å². The Bertz CT molecular complexity index is 511. The molecule has 0 fully saturated rings. The van der Waals surface area contributed by atoms with Gasteiger partial charge in [0.25, 0.3) is 5.56 Å². The zero-order valence-corrected chi connectivity index (χ0v) is 7.64. The normalized spacial score (nSPS) is 10.1. The quantitative estimate of drug-likeness (QED) is 0.564. The van der Waals surface area contributed by atoms with Gasteiger partial charge in [0.1, 0.15) is 5.82 Å². The highest BCUT2D eigenvalue weighted by molar-refractivity contribution is 5.92. The van der Waals surface area contributed by atoms with E-state index >= 15 is 0 Å². The first-order valence-electron chi connectivity index (χ1n) is 3.66. The monoisotopic (exact) mass is 199 g/mol. The van der Waals surface area contributed by atoms with Gasteiger partial charge in [0.15, 0.2) is 5.56 Å². The summed E-state index contributed by atoms with van der Waals surface area (Å²) in [5.74, 6) is -1.79. The summed E-state index contributed by atoms with van der Waals surface area (Å²) in [4.78, 5) is 33.2. The third kappa shape index (κ3) is 1.18. The van der Waals surface area contributed by atoms with Crippen LogP contribution in [0.5, 0.6) is 0 Å². The van der Waals surface area contributed by atoms with E-state index in [2.05, 4.69) is 0 Å². The van der Waals surface area contributed by atoms with Crippen molar-refractivity contribution in [3.63, 3.8) is 0 Å². The van der Waals surface area contributed by atoms with E-state index in [1.165, 1.54) is 14.1 Å². The number of rotatable bonds is 1. The number of carbonyl (C=O) groups is 1. The minimum absolute atomic E-state index is 0.342. The van der Waals surface area contributed by atoms with Gasteiger partial charge in [-0.25, -0.2) is 9.59 Å². The van der Waals surface area contributed by atoms with Gasteiger partial charge in [0.05, 0.1) is 0 Å². The Labute approximate surface area is 78.0 Å². The maximum atomic E-state index is 11.3. The summed E-state index contributed by atoms with van der Waals surface area (Å²) >= 11 is 0. The first-order chi connectivity index (χ1) is 6.37. The second-order valence-electron chi connectivity index (χ2n) is 2.77. The van der Waals surface area contributed by atoms with Crippen molar-refractivity contribution in [3.8, 4) is 0 Å². The molecule has 0 aliphatic carbocycles. The highest BCUT2D eigenvalue weighted by Gasteiger charge is 2.18. The van der Waals surface area contributed by atoms with E-state index in [1.807, 2.05) is 0 Å². The smallest absolute Gasteiger partial charge is 0.345 e. The summed E-state index contributed by atoms with van der Waals surface area (Å²) in [7, 11) is 2.49. The molecule has 14 heavy (non-hydrogen) atoms. The van der Waals surface area contributed by atoms with Crippen molar-refractivity contribution in [1.82, 2.24) is 9.13 Å². The Hall–Kier alpha value is -2.05. The summed E-state index contributed by atoms with van der Waals surface area (Å²) < 4.78 is 1.60. The van der Waals surface area contributed by atoms with Crippen LogP contribution in [0.3, 0.4) is 0 Å². The van der Waals surface area contributed by atoms with Crippen molar-refractivity contribution < 1.29 is 9.90 Å². The molecule has 0 saturated heterocycles. The second kappa shape index (κ2) is 3.02. The van der Waals surface area contributed by atoms with Gasteiger partial charge >= 0.3 is 11.7 Å². The van der Waals surface area contributed by atoms with E-state index in [0.717, 1.165) is 4.57 Å². The summed E-state index contributed by atoms with van der Waals surface area (Å²) in [6.45, 7) is 0. The Morgan fingerprint density at radius 1 is 1.29 bits per heavy atom. The van der Waals surface area contributed by atoms with Crippen molar-refractivity contribution in [1.29, 1.82) is 0 Å². The lowest BCUT2D eigenvalue weighted by Gasteiger charge is -2.07. The maximum absolute atomic E-state index is 11.3. The molecule has 1 aromatic rings. The summed E-state index contributed by atoms with van der Waals surface area (Å²) in [5, 5.41) is 8.68. The molecule has 1 aromatic heterocycles. The SMILES string of the molecule is Cn1c(N)c(C(=O)O)c(=O)n(C)c1=O. The Morgan fingerprint density at radius 2 is 1.79 bits per heavy atom. The first kappa shape index (κ1) is 10.0. The lowest BCUT2D eigenvalue weighted by atomic mass is 10.3. The van der Waals surface area contributed by atoms with E-state index in [1.54, 1.807) is 0 Å². The molecule has 3 N–H and O–H groups in total. The van der Waals surface area contributed by atoms with Crippen LogP contribution < -0.4 is 17.0 Å². The van der Waals surface area contributed by atoms with Gasteiger partial charge in [-0.1, -0.05) is 0 Å². The Morgan fingerprint density at radius 3 is 2.21 bits per heavy atom. The molecule has 0 aliphatic rings. The van der Waals surface area contributed by atoms with Gasteiger partial charge in [-0.05, 0) is 0 Å². The average molecular weight is 199 g/mol. The molecular weight excluding hydrogens is 190 g/mol. The van der Waals surface area contributed by atoms with E-state index in [9.17, 15) is 14.4 Å².